The van der Waals surface area contributed by atoms with Gasteiger partial charge in [0.05, 0.1) is 18.9 Å². The van der Waals surface area contributed by atoms with Crippen molar-refractivity contribution in [2.24, 2.45) is 17.2 Å². The molecule has 1 aromatic carbocycles. The molecule has 208 valence electrons. The molecule has 0 heterocycles. The molecule has 16 heteroatoms. The van der Waals surface area contributed by atoms with Crippen LogP contribution in [0, 0.1) is 0 Å². The third-order valence-electron chi connectivity index (χ3n) is 5.07. The van der Waals surface area contributed by atoms with Gasteiger partial charge in [-0.25, -0.2) is 4.79 Å². The van der Waals surface area contributed by atoms with Crippen LogP contribution in [0.4, 0.5) is 0 Å². The largest absolute Gasteiger partial charge is 0.508 e. The Kier molecular flexibility index (Phi) is 12.1. The number of nitrogens with two attached hydrogens (primary N) is 3. The minimum absolute atomic E-state index is 0.0120. The van der Waals surface area contributed by atoms with Crippen LogP contribution in [-0.2, 0) is 40.0 Å². The lowest BCUT2D eigenvalue weighted by molar-refractivity contribution is -0.143. The molecule has 0 saturated heterocycles. The van der Waals surface area contributed by atoms with E-state index in [-0.39, 0.29) is 25.0 Å². The Labute approximate surface area is 215 Å². The van der Waals surface area contributed by atoms with Gasteiger partial charge in [0.1, 0.15) is 23.9 Å². The zero-order valence-corrected chi connectivity index (χ0v) is 20.1. The number of benzene rings is 1. The first-order valence-corrected chi connectivity index (χ1v) is 11.1. The van der Waals surface area contributed by atoms with E-state index in [0.29, 0.717) is 5.56 Å². The van der Waals surface area contributed by atoms with E-state index in [2.05, 4.69) is 10.6 Å². The van der Waals surface area contributed by atoms with Gasteiger partial charge < -0.3 is 48.5 Å². The van der Waals surface area contributed by atoms with Gasteiger partial charge >= 0.3 is 11.9 Å². The fourth-order valence-electron chi connectivity index (χ4n) is 3.14. The maximum atomic E-state index is 12.8. The number of aromatic hydroxyl groups is 1. The summed E-state index contributed by atoms with van der Waals surface area (Å²) in [4.78, 5) is 83.0. The molecule has 0 bridgehead atoms. The van der Waals surface area contributed by atoms with Crippen LogP contribution in [-0.4, -0.2) is 81.0 Å². The van der Waals surface area contributed by atoms with Gasteiger partial charge in [0.2, 0.25) is 29.5 Å². The minimum Gasteiger partial charge on any atom is -0.508 e. The number of phenolic OH excluding ortho intramolecular Hbond substituents is 1. The van der Waals surface area contributed by atoms with Crippen LogP contribution in [0.3, 0.4) is 0 Å². The van der Waals surface area contributed by atoms with Crippen LogP contribution in [0.15, 0.2) is 24.3 Å². The number of carboxylic acid groups (broad SMARTS) is 2. The number of carboxylic acids is 2. The van der Waals surface area contributed by atoms with Crippen molar-refractivity contribution in [3.05, 3.63) is 29.8 Å². The minimum atomic E-state index is -1.74. The molecule has 38 heavy (non-hydrogen) atoms. The Balaban J connectivity index is 2.98. The first kappa shape index (κ1) is 31.3. The van der Waals surface area contributed by atoms with Crippen molar-refractivity contribution in [1.29, 1.82) is 0 Å². The molecule has 0 aliphatic rings. The molecule has 0 radical (unpaired) electrons. The van der Waals surface area contributed by atoms with Crippen LogP contribution in [0.5, 0.6) is 5.75 Å². The summed E-state index contributed by atoms with van der Waals surface area (Å²) in [7, 11) is 0. The fraction of sp³-hybridized carbons (Fsp3) is 0.409. The van der Waals surface area contributed by atoms with Gasteiger partial charge in [0.15, 0.2) is 0 Å². The molecule has 0 fully saturated rings. The van der Waals surface area contributed by atoms with Gasteiger partial charge in [0, 0.05) is 6.42 Å². The Morgan fingerprint density at radius 3 is 1.71 bits per heavy atom. The highest BCUT2D eigenvalue weighted by Gasteiger charge is 2.32. The summed E-state index contributed by atoms with van der Waals surface area (Å²) in [6.45, 7) is 0. The highest BCUT2D eigenvalue weighted by atomic mass is 16.4. The van der Waals surface area contributed by atoms with Crippen molar-refractivity contribution < 1.29 is 48.9 Å². The Morgan fingerprint density at radius 2 is 1.24 bits per heavy atom. The van der Waals surface area contributed by atoms with E-state index in [4.69, 9.17) is 17.2 Å². The van der Waals surface area contributed by atoms with E-state index >= 15 is 0 Å². The Morgan fingerprint density at radius 1 is 0.737 bits per heavy atom. The van der Waals surface area contributed by atoms with Crippen LogP contribution in [0.1, 0.15) is 31.2 Å². The van der Waals surface area contributed by atoms with E-state index in [1.165, 1.54) is 24.3 Å². The summed E-state index contributed by atoms with van der Waals surface area (Å²) in [5, 5.41) is 34.1. The van der Waals surface area contributed by atoms with Gasteiger partial charge in [0.25, 0.3) is 0 Å². The van der Waals surface area contributed by atoms with E-state index in [9.17, 15) is 48.9 Å². The fourth-order valence-corrected chi connectivity index (χ4v) is 3.14. The average Bonchev–Trinajstić information content (AvgIpc) is 2.81. The van der Waals surface area contributed by atoms with Gasteiger partial charge in [-0.05, 0) is 30.5 Å². The standard InChI is InChI=1S/C22H30N6O10/c23-12(7-10-1-3-11(29)4-2-10)19(34)27-15(9-18(32)33)21(36)28-14(8-17(25)31)20(35)26-13(22(37)38)5-6-16(24)30/h1-4,12-15,29H,5-9,23H2,(H2,24,30)(H2,25,31)(H,26,35)(H,27,34)(H,28,36)(H,32,33)(H,37,38). The van der Waals surface area contributed by atoms with E-state index in [1.807, 2.05) is 5.32 Å². The monoisotopic (exact) mass is 538 g/mol. The lowest BCUT2D eigenvalue weighted by Crippen LogP contribution is -2.58. The van der Waals surface area contributed by atoms with Crippen molar-refractivity contribution in [2.75, 3.05) is 0 Å². The number of aliphatic carboxylic acids is 2. The summed E-state index contributed by atoms with van der Waals surface area (Å²) in [5.74, 6) is -8.20. The van der Waals surface area contributed by atoms with Crippen molar-refractivity contribution in [3.8, 4) is 5.75 Å². The maximum Gasteiger partial charge on any atom is 0.326 e. The van der Waals surface area contributed by atoms with Crippen LogP contribution < -0.4 is 33.2 Å². The number of carbonyl (C=O) groups excluding carboxylic acids is 5. The topological polar surface area (TPSA) is 294 Å². The molecule has 0 spiro atoms. The number of phenols is 1. The molecule has 0 aromatic heterocycles. The number of primary amides is 2. The SMILES string of the molecule is NC(=O)CCC(NC(=O)C(CC(N)=O)NC(=O)C(CC(=O)O)NC(=O)C(N)Cc1ccc(O)cc1)C(=O)O. The number of rotatable bonds is 16. The molecule has 0 saturated carbocycles. The van der Waals surface area contributed by atoms with Crippen LogP contribution in [0.25, 0.3) is 0 Å². The average molecular weight is 539 g/mol. The molecule has 0 aliphatic carbocycles. The predicted molar refractivity (Wildman–Crippen MR) is 128 cm³/mol. The van der Waals surface area contributed by atoms with Crippen molar-refractivity contribution in [2.45, 2.75) is 56.3 Å². The highest BCUT2D eigenvalue weighted by Crippen LogP contribution is 2.11. The second kappa shape index (κ2) is 14.7. The number of hydrogen-bond donors (Lipinski definition) is 9. The smallest absolute Gasteiger partial charge is 0.326 e. The zero-order chi connectivity index (χ0) is 29.0. The summed E-state index contributed by atoms with van der Waals surface area (Å²) in [5.41, 5.74) is 16.5. The first-order chi connectivity index (χ1) is 17.7. The van der Waals surface area contributed by atoms with Crippen molar-refractivity contribution in [3.63, 3.8) is 0 Å². The second-order valence-corrected chi connectivity index (χ2v) is 8.27. The van der Waals surface area contributed by atoms with Gasteiger partial charge in [-0.15, -0.1) is 0 Å². The van der Waals surface area contributed by atoms with Crippen molar-refractivity contribution in [1.82, 2.24) is 16.0 Å². The van der Waals surface area contributed by atoms with Crippen LogP contribution in [0.2, 0.25) is 0 Å². The van der Waals surface area contributed by atoms with Crippen LogP contribution >= 0.6 is 0 Å². The van der Waals surface area contributed by atoms with Gasteiger partial charge in [-0.3, -0.25) is 28.8 Å². The molecule has 12 N–H and O–H groups in total. The maximum absolute atomic E-state index is 12.8. The number of hydrogen-bond acceptors (Lipinski definition) is 9. The summed E-state index contributed by atoms with van der Waals surface area (Å²) in [6, 6.07) is -0.561. The van der Waals surface area contributed by atoms with E-state index in [1.54, 1.807) is 0 Å². The number of amides is 5. The number of carbonyl (C=O) groups is 7. The quantitative estimate of drug-likeness (QED) is 0.0990. The third kappa shape index (κ3) is 11.3. The summed E-state index contributed by atoms with van der Waals surface area (Å²) >= 11 is 0. The Hall–Kier alpha value is -4.73. The molecule has 5 amide bonds. The molecule has 1 rings (SSSR count). The number of nitrogens with one attached hydrogen (secondary N) is 3. The second-order valence-electron chi connectivity index (χ2n) is 8.27. The Bertz CT molecular complexity index is 1060. The normalized spacial score (nSPS) is 13.7. The first-order valence-electron chi connectivity index (χ1n) is 11.1. The molecule has 4 unspecified atom stereocenters. The van der Waals surface area contributed by atoms with E-state index < -0.39 is 78.5 Å². The lowest BCUT2D eigenvalue weighted by atomic mass is 10.0. The summed E-state index contributed by atoms with van der Waals surface area (Å²) in [6.07, 6.45) is -2.52. The predicted octanol–water partition coefficient (Wildman–Crippen LogP) is -3.58. The molecule has 4 atom stereocenters. The molecule has 1 aromatic rings. The van der Waals surface area contributed by atoms with Gasteiger partial charge in [-0.1, -0.05) is 12.1 Å². The lowest BCUT2D eigenvalue weighted by Gasteiger charge is -2.24. The van der Waals surface area contributed by atoms with E-state index in [0.717, 1.165) is 0 Å². The molecular weight excluding hydrogens is 508 g/mol. The summed E-state index contributed by atoms with van der Waals surface area (Å²) < 4.78 is 0. The zero-order valence-electron chi connectivity index (χ0n) is 20.1. The van der Waals surface area contributed by atoms with Crippen molar-refractivity contribution >= 4 is 41.5 Å². The molecule has 0 aliphatic heterocycles. The molecular formula is C22H30N6O10. The third-order valence-corrected chi connectivity index (χ3v) is 5.07. The molecule has 16 nitrogen and oxygen atoms in total. The highest BCUT2D eigenvalue weighted by molar-refractivity contribution is 5.97. The van der Waals surface area contributed by atoms with Gasteiger partial charge in [-0.2, -0.15) is 0 Å².